The second-order valence-electron chi connectivity index (χ2n) is 9.18. The van der Waals surface area contributed by atoms with Crippen LogP contribution in [0.1, 0.15) is 25.7 Å². The first-order chi connectivity index (χ1) is 14.7. The third-order valence-electron chi connectivity index (χ3n) is 6.79. The summed E-state index contributed by atoms with van der Waals surface area (Å²) < 4.78 is 5.83. The summed E-state index contributed by atoms with van der Waals surface area (Å²) in [7, 11) is 0. The first kappa shape index (κ1) is 19.8. The van der Waals surface area contributed by atoms with E-state index in [0.717, 1.165) is 29.1 Å². The van der Waals surface area contributed by atoms with Gasteiger partial charge in [-0.3, -0.25) is 9.78 Å². The molecule has 5 rings (SSSR count). The fourth-order valence-corrected chi connectivity index (χ4v) is 4.78. The summed E-state index contributed by atoms with van der Waals surface area (Å²) >= 11 is 0. The summed E-state index contributed by atoms with van der Waals surface area (Å²) in [6.45, 7) is 6.13. The lowest BCUT2D eigenvalue weighted by Crippen LogP contribution is -2.51. The van der Waals surface area contributed by atoms with Crippen molar-refractivity contribution in [1.82, 2.24) is 14.8 Å². The predicted molar refractivity (Wildman–Crippen MR) is 118 cm³/mol. The Hall–Kier alpha value is -2.18. The van der Waals surface area contributed by atoms with Crippen molar-refractivity contribution in [3.05, 3.63) is 36.5 Å². The van der Waals surface area contributed by atoms with E-state index in [9.17, 15) is 4.79 Å². The van der Waals surface area contributed by atoms with Crippen LogP contribution in [0.4, 0.5) is 5.69 Å². The van der Waals surface area contributed by atoms with Gasteiger partial charge in [0, 0.05) is 43.4 Å². The van der Waals surface area contributed by atoms with E-state index in [1.807, 2.05) is 35.4 Å². The van der Waals surface area contributed by atoms with Crippen LogP contribution in [0.25, 0.3) is 10.9 Å². The number of likely N-dealkylation sites (tertiary alicyclic amines) is 1. The minimum atomic E-state index is 0.0181. The number of fused-ring (bicyclic) bond motifs is 1. The molecule has 1 N–H and O–H groups in total. The molecule has 1 aromatic heterocycles. The van der Waals surface area contributed by atoms with Crippen molar-refractivity contribution < 1.29 is 9.53 Å². The van der Waals surface area contributed by atoms with Gasteiger partial charge in [0.2, 0.25) is 5.91 Å². The molecule has 3 heterocycles. The summed E-state index contributed by atoms with van der Waals surface area (Å²) in [6.07, 6.45) is 7.12. The van der Waals surface area contributed by atoms with E-state index >= 15 is 0 Å². The molecule has 1 atom stereocenters. The van der Waals surface area contributed by atoms with Crippen LogP contribution in [-0.2, 0) is 9.53 Å². The molecule has 3 fully saturated rings. The SMILES string of the molecule is O=C1COC(CNc2ccnc3ccccc23)CN1CC1CCN(CC2CC2)CC1. The van der Waals surface area contributed by atoms with Crippen molar-refractivity contribution in [3.63, 3.8) is 0 Å². The molecular weight excluding hydrogens is 376 g/mol. The van der Waals surface area contributed by atoms with Gasteiger partial charge in [0.25, 0.3) is 0 Å². The van der Waals surface area contributed by atoms with Crippen molar-refractivity contribution in [3.8, 4) is 0 Å². The Labute approximate surface area is 178 Å². The van der Waals surface area contributed by atoms with Crippen LogP contribution in [0.15, 0.2) is 36.5 Å². The molecule has 0 bridgehead atoms. The molecule has 0 spiro atoms. The molecule has 1 saturated carbocycles. The largest absolute Gasteiger partial charge is 0.382 e. The number of amides is 1. The van der Waals surface area contributed by atoms with Crippen LogP contribution in [0.2, 0.25) is 0 Å². The maximum atomic E-state index is 12.4. The van der Waals surface area contributed by atoms with E-state index in [-0.39, 0.29) is 18.6 Å². The van der Waals surface area contributed by atoms with E-state index in [2.05, 4.69) is 21.3 Å². The Morgan fingerprint density at radius 3 is 2.67 bits per heavy atom. The molecule has 6 heteroatoms. The molecule has 6 nitrogen and oxygen atoms in total. The van der Waals surface area contributed by atoms with Crippen LogP contribution in [0.5, 0.6) is 0 Å². The lowest BCUT2D eigenvalue weighted by molar-refractivity contribution is -0.149. The number of carbonyl (C=O) groups is 1. The number of carbonyl (C=O) groups excluding carboxylic acids is 1. The molecule has 0 radical (unpaired) electrons. The molecule has 3 aliphatic rings. The van der Waals surface area contributed by atoms with Gasteiger partial charge in [-0.2, -0.15) is 0 Å². The van der Waals surface area contributed by atoms with Gasteiger partial charge in [-0.15, -0.1) is 0 Å². The number of rotatable bonds is 7. The number of morpholine rings is 1. The van der Waals surface area contributed by atoms with Crippen molar-refractivity contribution in [1.29, 1.82) is 0 Å². The fourth-order valence-electron chi connectivity index (χ4n) is 4.78. The van der Waals surface area contributed by atoms with Gasteiger partial charge >= 0.3 is 0 Å². The summed E-state index contributed by atoms with van der Waals surface area (Å²) in [5.41, 5.74) is 2.05. The minimum Gasteiger partial charge on any atom is -0.382 e. The van der Waals surface area contributed by atoms with Gasteiger partial charge in [0.15, 0.2) is 0 Å². The molecule has 30 heavy (non-hydrogen) atoms. The highest BCUT2D eigenvalue weighted by Gasteiger charge is 2.31. The first-order valence-corrected chi connectivity index (χ1v) is 11.4. The first-order valence-electron chi connectivity index (χ1n) is 11.4. The highest BCUT2D eigenvalue weighted by molar-refractivity contribution is 5.90. The fraction of sp³-hybridized carbons (Fsp3) is 0.583. The monoisotopic (exact) mass is 408 g/mol. The number of para-hydroxylation sites is 1. The van der Waals surface area contributed by atoms with Crippen LogP contribution in [0.3, 0.4) is 0 Å². The number of pyridine rings is 1. The highest BCUT2D eigenvalue weighted by Crippen LogP contribution is 2.31. The number of anilines is 1. The van der Waals surface area contributed by atoms with Crippen molar-refractivity contribution >= 4 is 22.5 Å². The average molecular weight is 409 g/mol. The molecule has 1 aromatic carbocycles. The molecule has 2 aromatic rings. The van der Waals surface area contributed by atoms with E-state index in [1.54, 1.807) is 0 Å². The number of ether oxygens (including phenoxy) is 1. The lowest BCUT2D eigenvalue weighted by Gasteiger charge is -2.38. The molecule has 1 aliphatic carbocycles. The normalized spacial score (nSPS) is 23.8. The summed E-state index contributed by atoms with van der Waals surface area (Å²) in [5.74, 6) is 1.73. The topological polar surface area (TPSA) is 57.7 Å². The molecule has 1 unspecified atom stereocenters. The number of benzene rings is 1. The van der Waals surface area contributed by atoms with Gasteiger partial charge in [0.1, 0.15) is 6.61 Å². The van der Waals surface area contributed by atoms with E-state index in [1.165, 1.54) is 45.3 Å². The Morgan fingerprint density at radius 1 is 1.03 bits per heavy atom. The summed E-state index contributed by atoms with van der Waals surface area (Å²) in [5, 5.41) is 4.63. The zero-order valence-corrected chi connectivity index (χ0v) is 17.6. The Kier molecular flexibility index (Phi) is 5.86. The molecular formula is C24H32N4O2. The minimum absolute atomic E-state index is 0.0181. The Bertz CT molecular complexity index is 871. The third-order valence-corrected chi connectivity index (χ3v) is 6.79. The van der Waals surface area contributed by atoms with E-state index in [4.69, 9.17) is 4.74 Å². The predicted octanol–water partition coefficient (Wildman–Crippen LogP) is 3.00. The third kappa shape index (κ3) is 4.76. The number of piperidine rings is 1. The van der Waals surface area contributed by atoms with Crippen molar-refractivity contribution in [2.75, 3.05) is 51.2 Å². The maximum Gasteiger partial charge on any atom is 0.248 e. The van der Waals surface area contributed by atoms with Crippen LogP contribution in [-0.4, -0.2) is 72.7 Å². The zero-order chi connectivity index (χ0) is 20.3. The number of aromatic nitrogens is 1. The van der Waals surface area contributed by atoms with Gasteiger partial charge in [-0.05, 0) is 62.7 Å². The average Bonchev–Trinajstić information content (AvgIpc) is 3.59. The Morgan fingerprint density at radius 2 is 1.83 bits per heavy atom. The maximum absolute atomic E-state index is 12.4. The van der Waals surface area contributed by atoms with Crippen molar-refractivity contribution in [2.24, 2.45) is 11.8 Å². The van der Waals surface area contributed by atoms with Crippen LogP contribution in [0, 0.1) is 11.8 Å². The molecule has 1 amide bonds. The van der Waals surface area contributed by atoms with Crippen molar-refractivity contribution in [2.45, 2.75) is 31.8 Å². The lowest BCUT2D eigenvalue weighted by atomic mass is 9.95. The molecule has 2 aliphatic heterocycles. The number of hydrogen-bond acceptors (Lipinski definition) is 5. The number of nitrogens with one attached hydrogen (secondary N) is 1. The summed E-state index contributed by atoms with van der Waals surface area (Å²) in [4.78, 5) is 21.5. The van der Waals surface area contributed by atoms with Gasteiger partial charge in [0.05, 0.1) is 11.6 Å². The Balaban J connectivity index is 1.13. The van der Waals surface area contributed by atoms with Crippen LogP contribution < -0.4 is 5.32 Å². The standard InChI is InChI=1S/C24H32N4O2/c29-24-17-30-20(13-26-23-7-10-25-22-4-2-1-3-21(22)23)16-28(24)15-19-8-11-27(12-9-19)14-18-5-6-18/h1-4,7,10,18-20H,5-6,8-9,11-17H2,(H,25,26). The van der Waals surface area contributed by atoms with Gasteiger partial charge < -0.3 is 19.9 Å². The van der Waals surface area contributed by atoms with Gasteiger partial charge in [-0.25, -0.2) is 0 Å². The van der Waals surface area contributed by atoms with E-state index in [0.29, 0.717) is 19.0 Å². The van der Waals surface area contributed by atoms with Crippen LogP contribution >= 0.6 is 0 Å². The zero-order valence-electron chi connectivity index (χ0n) is 17.6. The quantitative estimate of drug-likeness (QED) is 0.763. The number of hydrogen-bond donors (Lipinski definition) is 1. The second kappa shape index (κ2) is 8.90. The highest BCUT2D eigenvalue weighted by atomic mass is 16.5. The number of nitrogens with zero attached hydrogens (tertiary/aromatic N) is 3. The molecule has 2 saturated heterocycles. The second-order valence-corrected chi connectivity index (χ2v) is 9.18. The summed E-state index contributed by atoms with van der Waals surface area (Å²) in [6, 6.07) is 10.1. The molecule has 160 valence electrons. The smallest absolute Gasteiger partial charge is 0.248 e. The van der Waals surface area contributed by atoms with E-state index < -0.39 is 0 Å². The van der Waals surface area contributed by atoms with Gasteiger partial charge in [-0.1, -0.05) is 18.2 Å².